The summed E-state index contributed by atoms with van der Waals surface area (Å²) in [5, 5.41) is 0.623. The highest BCUT2D eigenvalue weighted by Crippen LogP contribution is 2.30. The molecule has 0 spiro atoms. The molecule has 0 bridgehead atoms. The highest BCUT2D eigenvalue weighted by atomic mass is 35.5. The molecule has 0 saturated carbocycles. The molecule has 1 saturated heterocycles. The highest BCUT2D eigenvalue weighted by molar-refractivity contribution is 6.30. The average Bonchev–Trinajstić information content (AvgIpc) is 2.77. The van der Waals surface area contributed by atoms with Gasteiger partial charge in [-0.25, -0.2) is 9.97 Å². The van der Waals surface area contributed by atoms with Crippen molar-refractivity contribution in [2.24, 2.45) is 0 Å². The molecule has 2 heterocycles. The van der Waals surface area contributed by atoms with Crippen LogP contribution in [-0.4, -0.2) is 40.5 Å². The van der Waals surface area contributed by atoms with Crippen molar-refractivity contribution >= 4 is 17.4 Å². The molecule has 168 valence electrons. The van der Waals surface area contributed by atoms with E-state index in [1.54, 1.807) is 36.4 Å². The first kappa shape index (κ1) is 22.4. The number of rotatable bonds is 5. The van der Waals surface area contributed by atoms with Crippen molar-refractivity contribution in [1.29, 1.82) is 0 Å². The van der Waals surface area contributed by atoms with Gasteiger partial charge in [0.25, 0.3) is 0 Å². The number of hydrogen-bond donors (Lipinski definition) is 0. The van der Waals surface area contributed by atoms with Crippen molar-refractivity contribution in [3.8, 4) is 11.6 Å². The Morgan fingerprint density at radius 3 is 2.56 bits per heavy atom. The summed E-state index contributed by atoms with van der Waals surface area (Å²) >= 11 is 5.90. The van der Waals surface area contributed by atoms with Gasteiger partial charge in [-0.2, -0.15) is 13.2 Å². The van der Waals surface area contributed by atoms with E-state index >= 15 is 0 Å². The second kappa shape index (κ2) is 9.34. The summed E-state index contributed by atoms with van der Waals surface area (Å²) in [6.45, 7) is 4.62. The van der Waals surface area contributed by atoms with E-state index < -0.39 is 11.7 Å². The monoisotopic (exact) mass is 462 g/mol. The minimum absolute atomic E-state index is 0.133. The molecular formula is C23H22ClF3N4O. The molecule has 0 unspecified atom stereocenters. The first-order valence-corrected chi connectivity index (χ1v) is 10.6. The molecule has 4 rings (SSSR count). The molecule has 1 aliphatic heterocycles. The summed E-state index contributed by atoms with van der Waals surface area (Å²) in [5.41, 5.74) is 0.0382. The van der Waals surface area contributed by atoms with Gasteiger partial charge in [0.1, 0.15) is 17.9 Å². The Morgan fingerprint density at radius 1 is 1.06 bits per heavy atom. The molecule has 3 aromatic rings. The Bertz CT molecular complexity index is 1060. The molecule has 1 aliphatic rings. The molecule has 32 heavy (non-hydrogen) atoms. The maximum atomic E-state index is 13.0. The number of nitrogens with zero attached hydrogens (tertiary/aromatic N) is 4. The summed E-state index contributed by atoms with van der Waals surface area (Å²) in [7, 11) is 0. The van der Waals surface area contributed by atoms with Gasteiger partial charge < -0.3 is 9.64 Å². The fourth-order valence-electron chi connectivity index (χ4n) is 3.70. The van der Waals surface area contributed by atoms with Crippen molar-refractivity contribution in [2.45, 2.75) is 25.7 Å². The first-order chi connectivity index (χ1) is 15.3. The van der Waals surface area contributed by atoms with Crippen LogP contribution in [0.4, 0.5) is 19.0 Å². The quantitative estimate of drug-likeness (QED) is 0.490. The Balaban J connectivity index is 1.40. The molecule has 5 nitrogen and oxygen atoms in total. The van der Waals surface area contributed by atoms with Gasteiger partial charge in [-0.05, 0) is 42.8 Å². The Hall–Kier alpha value is -2.84. The molecule has 0 amide bonds. The van der Waals surface area contributed by atoms with Gasteiger partial charge in [-0.15, -0.1) is 0 Å². The van der Waals surface area contributed by atoms with Crippen LogP contribution in [0.3, 0.4) is 0 Å². The zero-order chi connectivity index (χ0) is 22.7. The molecule has 0 aliphatic carbocycles. The predicted octanol–water partition coefficient (Wildman–Crippen LogP) is 5.65. The average molecular weight is 463 g/mol. The third-order valence-corrected chi connectivity index (χ3v) is 5.64. The van der Waals surface area contributed by atoms with E-state index in [1.807, 2.05) is 0 Å². The maximum Gasteiger partial charge on any atom is 0.416 e. The lowest BCUT2D eigenvalue weighted by atomic mass is 10.1. The second-order valence-corrected chi connectivity index (χ2v) is 8.17. The van der Waals surface area contributed by atoms with Crippen LogP contribution in [0.15, 0.2) is 60.9 Å². The fraction of sp³-hybridized carbons (Fsp3) is 0.304. The number of benzene rings is 2. The minimum Gasteiger partial charge on any atom is -0.439 e. The molecule has 9 heteroatoms. The molecule has 1 atom stereocenters. The van der Waals surface area contributed by atoms with Gasteiger partial charge in [0, 0.05) is 43.3 Å². The summed E-state index contributed by atoms with van der Waals surface area (Å²) in [4.78, 5) is 12.9. The number of ether oxygens (including phenoxy) is 1. The van der Waals surface area contributed by atoms with Crippen molar-refractivity contribution in [3.63, 3.8) is 0 Å². The second-order valence-electron chi connectivity index (χ2n) is 7.73. The largest absolute Gasteiger partial charge is 0.439 e. The van der Waals surface area contributed by atoms with Gasteiger partial charge in [-0.1, -0.05) is 29.8 Å². The lowest BCUT2D eigenvalue weighted by molar-refractivity contribution is -0.137. The van der Waals surface area contributed by atoms with E-state index in [4.69, 9.17) is 16.3 Å². The van der Waals surface area contributed by atoms with E-state index in [0.717, 1.165) is 11.9 Å². The van der Waals surface area contributed by atoms with Gasteiger partial charge in [-0.3, -0.25) is 4.90 Å². The van der Waals surface area contributed by atoms with Crippen LogP contribution < -0.4 is 9.64 Å². The number of aromatic nitrogens is 2. The number of halogens is 4. The van der Waals surface area contributed by atoms with Crippen LogP contribution >= 0.6 is 11.6 Å². The van der Waals surface area contributed by atoms with Crippen LogP contribution in [0.1, 0.15) is 18.1 Å². The molecule has 0 N–H and O–H groups in total. The van der Waals surface area contributed by atoms with E-state index in [2.05, 4.69) is 26.7 Å². The minimum atomic E-state index is -4.33. The van der Waals surface area contributed by atoms with E-state index in [9.17, 15) is 13.2 Å². The standard InChI is InChI=1S/C23H22ClF3N4O/c1-16-13-31(10-9-30(16)14-17-3-2-4-18(11-17)23(25,26)27)21-12-22(29-15-28-21)32-20-7-5-19(24)6-8-20/h2-8,11-12,15-16H,9-10,13-14H2,1H3/t16-/m1/s1. The SMILES string of the molecule is C[C@@H]1CN(c2cc(Oc3ccc(Cl)cc3)ncn2)CCN1Cc1cccc(C(F)(F)F)c1. The Morgan fingerprint density at radius 2 is 1.84 bits per heavy atom. The van der Waals surface area contributed by atoms with Crippen LogP contribution in [0.5, 0.6) is 11.6 Å². The van der Waals surface area contributed by atoms with Crippen LogP contribution in [-0.2, 0) is 12.7 Å². The summed E-state index contributed by atoms with van der Waals surface area (Å²) < 4.78 is 44.8. The fourth-order valence-corrected chi connectivity index (χ4v) is 3.83. The maximum absolute atomic E-state index is 13.0. The lowest BCUT2D eigenvalue weighted by Gasteiger charge is -2.40. The highest BCUT2D eigenvalue weighted by Gasteiger charge is 2.31. The van der Waals surface area contributed by atoms with E-state index in [1.165, 1.54) is 18.5 Å². The zero-order valence-corrected chi connectivity index (χ0v) is 18.1. The summed E-state index contributed by atoms with van der Waals surface area (Å²) in [6, 6.07) is 14.4. The third kappa shape index (κ3) is 5.49. The number of anilines is 1. The third-order valence-electron chi connectivity index (χ3n) is 5.39. The Kier molecular flexibility index (Phi) is 6.53. The lowest BCUT2D eigenvalue weighted by Crippen LogP contribution is -2.51. The van der Waals surface area contributed by atoms with Gasteiger partial charge in [0.2, 0.25) is 5.88 Å². The summed E-state index contributed by atoms with van der Waals surface area (Å²) in [6.07, 6.45) is -2.88. The van der Waals surface area contributed by atoms with Crippen molar-refractivity contribution in [2.75, 3.05) is 24.5 Å². The predicted molar refractivity (Wildman–Crippen MR) is 117 cm³/mol. The molecule has 0 radical (unpaired) electrons. The van der Waals surface area contributed by atoms with E-state index in [-0.39, 0.29) is 6.04 Å². The Labute approximate surface area is 189 Å². The normalized spacial score (nSPS) is 17.4. The van der Waals surface area contributed by atoms with Crippen LogP contribution in [0.2, 0.25) is 5.02 Å². The van der Waals surface area contributed by atoms with Gasteiger partial charge in [0.15, 0.2) is 0 Å². The van der Waals surface area contributed by atoms with Crippen molar-refractivity contribution in [3.05, 3.63) is 77.1 Å². The van der Waals surface area contributed by atoms with E-state index in [0.29, 0.717) is 48.4 Å². The van der Waals surface area contributed by atoms with Crippen molar-refractivity contribution in [1.82, 2.24) is 14.9 Å². The smallest absolute Gasteiger partial charge is 0.416 e. The zero-order valence-electron chi connectivity index (χ0n) is 17.4. The number of piperazine rings is 1. The van der Waals surface area contributed by atoms with Crippen LogP contribution in [0.25, 0.3) is 0 Å². The molecule has 2 aromatic carbocycles. The number of hydrogen-bond acceptors (Lipinski definition) is 5. The number of alkyl halides is 3. The molecule has 1 aromatic heterocycles. The topological polar surface area (TPSA) is 41.5 Å². The molecular weight excluding hydrogens is 441 g/mol. The molecule has 1 fully saturated rings. The van der Waals surface area contributed by atoms with Crippen LogP contribution in [0, 0.1) is 0 Å². The van der Waals surface area contributed by atoms with Gasteiger partial charge >= 0.3 is 6.18 Å². The van der Waals surface area contributed by atoms with Crippen molar-refractivity contribution < 1.29 is 17.9 Å². The summed E-state index contributed by atoms with van der Waals surface area (Å²) in [5.74, 6) is 1.80. The first-order valence-electron chi connectivity index (χ1n) is 10.2. The van der Waals surface area contributed by atoms with Gasteiger partial charge in [0.05, 0.1) is 5.56 Å².